The SMILES string of the molecule is COC(=O)c1cc(NCl)cn1C.Cn1cc(NC(=O)OC(C)(C)C)cc1C(=O)O.Cn1cc(NC(=O)OC(C)(C)C)cc1C(=O)O.[B][B]. The molecule has 0 spiro atoms. The molecule has 5 N–H and O–H groups in total. The van der Waals surface area contributed by atoms with Gasteiger partial charge in [-0.25, -0.2) is 24.0 Å². The molecule has 0 aromatic carbocycles. The van der Waals surface area contributed by atoms with E-state index in [9.17, 15) is 24.0 Å². The summed E-state index contributed by atoms with van der Waals surface area (Å²) in [6.45, 7) is 10.5. The number of halogens is 1. The van der Waals surface area contributed by atoms with E-state index in [2.05, 4.69) is 35.7 Å². The minimum absolute atomic E-state index is 0.0936. The summed E-state index contributed by atoms with van der Waals surface area (Å²) in [6.07, 6.45) is 3.49. The summed E-state index contributed by atoms with van der Waals surface area (Å²) in [5.74, 6) is -2.48. The third-order valence-electron chi connectivity index (χ3n) is 5.25. The van der Waals surface area contributed by atoms with Gasteiger partial charge in [-0.3, -0.25) is 15.5 Å². The van der Waals surface area contributed by atoms with Crippen molar-refractivity contribution in [3.8, 4) is 0 Å². The number of nitrogens with zero attached hydrogens (tertiary/aromatic N) is 3. The number of anilines is 3. The van der Waals surface area contributed by atoms with Crippen LogP contribution in [0.15, 0.2) is 36.8 Å². The van der Waals surface area contributed by atoms with Crippen molar-refractivity contribution in [3.63, 3.8) is 0 Å². The van der Waals surface area contributed by atoms with Gasteiger partial charge in [-0.2, -0.15) is 0 Å². The maximum Gasteiger partial charge on any atom is 0.412 e. The number of hydrogen-bond donors (Lipinski definition) is 5. The Balaban J connectivity index is 0.000000682. The first-order valence-electron chi connectivity index (χ1n) is 13.8. The van der Waals surface area contributed by atoms with Crippen molar-refractivity contribution in [3.05, 3.63) is 53.9 Å². The number of carbonyl (C=O) groups is 5. The summed E-state index contributed by atoms with van der Waals surface area (Å²) in [5.41, 5.74) is 0.911. The second-order valence-corrected chi connectivity index (χ2v) is 11.8. The third-order valence-corrected chi connectivity index (χ3v) is 5.47. The van der Waals surface area contributed by atoms with E-state index in [0.717, 1.165) is 0 Å². The summed E-state index contributed by atoms with van der Waals surface area (Å²) >= 11 is 5.34. The maximum atomic E-state index is 11.4. The van der Waals surface area contributed by atoms with Crippen molar-refractivity contribution < 1.29 is 48.4 Å². The van der Waals surface area contributed by atoms with Crippen LogP contribution in [0.2, 0.25) is 0 Å². The van der Waals surface area contributed by atoms with Crippen LogP contribution in [-0.4, -0.2) is 87.8 Å². The highest BCUT2D eigenvalue weighted by Crippen LogP contribution is 2.17. The number of amides is 2. The van der Waals surface area contributed by atoms with Crippen LogP contribution in [0.4, 0.5) is 26.7 Å². The van der Waals surface area contributed by atoms with Crippen LogP contribution in [0.5, 0.6) is 0 Å². The molecule has 3 aromatic heterocycles. The van der Waals surface area contributed by atoms with E-state index >= 15 is 0 Å². The number of carbonyl (C=O) groups excluding carboxylic acids is 3. The van der Waals surface area contributed by atoms with Gasteiger partial charge in [0.05, 0.1) is 24.2 Å². The number of carboxylic acids is 2. The van der Waals surface area contributed by atoms with E-state index in [0.29, 0.717) is 22.8 Å². The van der Waals surface area contributed by atoms with Crippen molar-refractivity contribution in [2.24, 2.45) is 21.1 Å². The summed E-state index contributed by atoms with van der Waals surface area (Å²) in [4.78, 5) is 57.9. The van der Waals surface area contributed by atoms with E-state index in [1.165, 1.54) is 40.8 Å². The number of ether oxygens (including phenoxy) is 3. The lowest BCUT2D eigenvalue weighted by Crippen LogP contribution is -2.27. The fourth-order valence-corrected chi connectivity index (χ4v) is 3.56. The molecule has 4 radical (unpaired) electrons. The average Bonchev–Trinajstić information content (AvgIpc) is 3.63. The third kappa shape index (κ3) is 15.5. The average molecular weight is 691 g/mol. The van der Waals surface area contributed by atoms with Crippen LogP contribution in [-0.2, 0) is 35.4 Å². The number of methoxy groups -OCH3 is 1. The highest BCUT2D eigenvalue weighted by atomic mass is 35.5. The number of esters is 1. The minimum Gasteiger partial charge on any atom is -0.477 e. The van der Waals surface area contributed by atoms with Gasteiger partial charge in [0.25, 0.3) is 0 Å². The first-order chi connectivity index (χ1) is 22.1. The number of carboxylic acid groups (broad SMARTS) is 2. The molecular weight excluding hydrogens is 649 g/mol. The number of nitrogens with one attached hydrogen (secondary N) is 3. The molecule has 16 nitrogen and oxygen atoms in total. The number of rotatable bonds is 6. The lowest BCUT2D eigenvalue weighted by atomic mass is 9.81. The summed E-state index contributed by atoms with van der Waals surface area (Å²) in [7, 11) is 14.3. The Labute approximate surface area is 286 Å². The normalized spacial score (nSPS) is 10.3. The van der Waals surface area contributed by atoms with Gasteiger partial charge in [-0.1, -0.05) is 0 Å². The molecule has 0 aliphatic heterocycles. The number of aromatic carboxylic acids is 2. The zero-order valence-electron chi connectivity index (χ0n) is 28.5. The minimum atomic E-state index is -1.05. The first-order valence-corrected chi connectivity index (χ1v) is 14.2. The van der Waals surface area contributed by atoms with Crippen molar-refractivity contribution in [1.82, 2.24) is 13.7 Å². The molecule has 2 amide bonds. The molecule has 0 aliphatic carbocycles. The molecule has 0 fully saturated rings. The van der Waals surface area contributed by atoms with Gasteiger partial charge in [0.15, 0.2) is 0 Å². The topological polar surface area (TPSA) is 204 Å². The standard InChI is InChI=1S/2C11H16N2O4.C7H9ClN2O2.B2/c2*1-11(2,3)17-10(16)12-7-5-8(9(14)15)13(4)6-7;1-10-4-5(9-8)3-6(10)7(11)12-2;1-2/h2*5-6H,1-4H3,(H,12,16)(H,14,15);3-4,9H,1-2H3;. The molecule has 3 heterocycles. The zero-order chi connectivity index (χ0) is 37.6. The van der Waals surface area contributed by atoms with Crippen LogP contribution < -0.4 is 15.5 Å². The summed E-state index contributed by atoms with van der Waals surface area (Å²) < 4.78 is 19.1. The Morgan fingerprint density at radius 3 is 1.23 bits per heavy atom. The monoisotopic (exact) mass is 690 g/mol. The van der Waals surface area contributed by atoms with Gasteiger partial charge >= 0.3 is 30.1 Å². The van der Waals surface area contributed by atoms with Crippen molar-refractivity contribution in [1.29, 1.82) is 0 Å². The predicted octanol–water partition coefficient (Wildman–Crippen LogP) is 4.76. The predicted molar refractivity (Wildman–Crippen MR) is 182 cm³/mol. The van der Waals surface area contributed by atoms with E-state index in [-0.39, 0.29) is 17.4 Å². The van der Waals surface area contributed by atoms with Crippen molar-refractivity contribution in [2.75, 3.05) is 22.6 Å². The molecule has 19 heteroatoms. The van der Waals surface area contributed by atoms with Crippen LogP contribution in [0, 0.1) is 0 Å². The zero-order valence-corrected chi connectivity index (χ0v) is 29.3. The lowest BCUT2D eigenvalue weighted by Gasteiger charge is -2.19. The van der Waals surface area contributed by atoms with Crippen molar-refractivity contribution in [2.45, 2.75) is 52.7 Å². The number of aryl methyl sites for hydroxylation is 3. The smallest absolute Gasteiger partial charge is 0.412 e. The molecule has 48 heavy (non-hydrogen) atoms. The van der Waals surface area contributed by atoms with Gasteiger partial charge in [0, 0.05) is 67.0 Å². The molecule has 0 aliphatic rings. The van der Waals surface area contributed by atoms with Gasteiger partial charge in [0.1, 0.15) is 28.3 Å². The molecule has 0 bridgehead atoms. The fraction of sp³-hybridized carbons (Fsp3) is 0.414. The number of hydrogen-bond acceptors (Lipinski definition) is 9. The maximum absolute atomic E-state index is 11.4. The first kappa shape index (κ1) is 43.0. The molecule has 0 atom stereocenters. The van der Waals surface area contributed by atoms with Crippen molar-refractivity contribution >= 4 is 74.4 Å². The van der Waals surface area contributed by atoms with Crippen LogP contribution in [0.25, 0.3) is 0 Å². The van der Waals surface area contributed by atoms with Gasteiger partial charge in [-0.05, 0) is 59.7 Å². The molecule has 260 valence electrons. The Kier molecular flexibility index (Phi) is 17.0. The van der Waals surface area contributed by atoms with Gasteiger partial charge < -0.3 is 38.1 Å². The molecule has 3 aromatic rings. The van der Waals surface area contributed by atoms with Gasteiger partial charge in [0.2, 0.25) is 0 Å². The van der Waals surface area contributed by atoms with E-state index in [1.54, 1.807) is 79.5 Å². The highest BCUT2D eigenvalue weighted by Gasteiger charge is 2.19. The van der Waals surface area contributed by atoms with Crippen LogP contribution >= 0.6 is 11.8 Å². The molecule has 0 saturated heterocycles. The Morgan fingerprint density at radius 2 is 0.979 bits per heavy atom. The Hall–Kier alpha value is -4.99. The second-order valence-electron chi connectivity index (χ2n) is 11.6. The van der Waals surface area contributed by atoms with E-state index in [1.807, 2.05) is 0 Å². The lowest BCUT2D eigenvalue weighted by molar-refractivity contribution is 0.0586. The molecule has 0 saturated carbocycles. The van der Waals surface area contributed by atoms with Crippen LogP contribution in [0.1, 0.15) is 73.0 Å². The van der Waals surface area contributed by atoms with E-state index < -0.39 is 35.3 Å². The molecule has 0 unspecified atom stereocenters. The van der Waals surface area contributed by atoms with E-state index in [4.69, 9.17) is 31.5 Å². The Morgan fingerprint density at radius 1 is 0.667 bits per heavy atom. The quantitative estimate of drug-likeness (QED) is 0.103. The molecular formula is C29H41B2ClN6O10. The second kappa shape index (κ2) is 19.0. The summed E-state index contributed by atoms with van der Waals surface area (Å²) in [6, 6.07) is 4.34. The largest absolute Gasteiger partial charge is 0.477 e. The fourth-order valence-electron chi connectivity index (χ4n) is 3.46. The highest BCUT2D eigenvalue weighted by molar-refractivity contribution is 6.75. The van der Waals surface area contributed by atoms with Gasteiger partial charge in [-0.15, -0.1) is 0 Å². The Bertz CT molecular complexity index is 1470. The molecule has 3 rings (SSSR count). The summed E-state index contributed by atoms with van der Waals surface area (Å²) in [5, 5.41) is 22.6. The number of aromatic nitrogens is 3. The van der Waals surface area contributed by atoms with Crippen LogP contribution in [0.3, 0.4) is 0 Å².